The first-order valence-corrected chi connectivity index (χ1v) is 6.40. The van der Waals surface area contributed by atoms with Crippen molar-refractivity contribution in [3.63, 3.8) is 0 Å². The molecule has 0 aromatic heterocycles. The van der Waals surface area contributed by atoms with Crippen LogP contribution in [0.4, 0.5) is 4.39 Å². The molecule has 2 fully saturated rings. The predicted molar refractivity (Wildman–Crippen MR) is 64.2 cm³/mol. The van der Waals surface area contributed by atoms with Crippen molar-refractivity contribution in [1.82, 2.24) is 5.32 Å². The highest BCUT2D eigenvalue weighted by atomic mass is 19.1. The van der Waals surface area contributed by atoms with Gasteiger partial charge in [0.2, 0.25) is 0 Å². The number of benzene rings is 1. The average molecular weight is 249 g/mol. The highest BCUT2D eigenvalue weighted by Crippen LogP contribution is 2.34. The Hall–Kier alpha value is -1.42. The number of fused-ring (bicyclic) bond motifs is 2. The van der Waals surface area contributed by atoms with Crippen LogP contribution < -0.4 is 5.32 Å². The summed E-state index contributed by atoms with van der Waals surface area (Å²) in [5.74, 6) is -0.565. The van der Waals surface area contributed by atoms with Crippen LogP contribution in [0.25, 0.3) is 0 Å². The third-order valence-electron chi connectivity index (χ3n) is 3.93. The Balaban J connectivity index is 1.58. The van der Waals surface area contributed by atoms with Gasteiger partial charge in [0.15, 0.2) is 0 Å². The van der Waals surface area contributed by atoms with Gasteiger partial charge in [-0.3, -0.25) is 4.79 Å². The molecule has 2 bridgehead atoms. The molecule has 2 saturated heterocycles. The van der Waals surface area contributed by atoms with Crippen LogP contribution in [0.15, 0.2) is 24.3 Å². The molecule has 0 saturated carbocycles. The molecule has 2 heterocycles. The van der Waals surface area contributed by atoms with E-state index in [0.29, 0.717) is 11.6 Å². The summed E-state index contributed by atoms with van der Waals surface area (Å²) in [4.78, 5) is 11.9. The minimum absolute atomic E-state index is 0.0272. The molecular weight excluding hydrogens is 233 g/mol. The minimum Gasteiger partial charge on any atom is -0.460 e. The summed E-state index contributed by atoms with van der Waals surface area (Å²) < 4.78 is 18.6. The van der Waals surface area contributed by atoms with E-state index in [9.17, 15) is 9.18 Å². The maximum absolute atomic E-state index is 13.4. The van der Waals surface area contributed by atoms with Crippen LogP contribution >= 0.6 is 0 Å². The molecule has 0 radical (unpaired) electrons. The Morgan fingerprint density at radius 3 is 2.89 bits per heavy atom. The van der Waals surface area contributed by atoms with Gasteiger partial charge >= 0.3 is 5.97 Å². The lowest BCUT2D eigenvalue weighted by Gasteiger charge is -2.18. The van der Waals surface area contributed by atoms with E-state index in [1.54, 1.807) is 18.2 Å². The summed E-state index contributed by atoms with van der Waals surface area (Å²) in [7, 11) is 0. The van der Waals surface area contributed by atoms with Gasteiger partial charge in [-0.1, -0.05) is 18.2 Å². The normalized spacial score (nSPS) is 29.5. The van der Waals surface area contributed by atoms with E-state index in [2.05, 4.69) is 5.32 Å². The van der Waals surface area contributed by atoms with Crippen molar-refractivity contribution in [1.29, 1.82) is 0 Å². The molecule has 0 amide bonds. The highest BCUT2D eigenvalue weighted by Gasteiger charge is 2.43. The second-order valence-corrected chi connectivity index (χ2v) is 5.09. The van der Waals surface area contributed by atoms with E-state index in [0.717, 1.165) is 19.3 Å². The van der Waals surface area contributed by atoms with Crippen molar-refractivity contribution in [2.45, 2.75) is 38.0 Å². The SMILES string of the molecule is O=C(OCc1ccccc1F)C1CC2CCC1N2. The molecule has 2 aliphatic heterocycles. The fourth-order valence-corrected chi connectivity index (χ4v) is 2.96. The van der Waals surface area contributed by atoms with Crippen molar-refractivity contribution in [2.75, 3.05) is 0 Å². The molecule has 3 unspecified atom stereocenters. The first-order valence-electron chi connectivity index (χ1n) is 6.40. The number of halogens is 1. The molecule has 96 valence electrons. The van der Waals surface area contributed by atoms with Gasteiger partial charge in [0.25, 0.3) is 0 Å². The summed E-state index contributed by atoms with van der Waals surface area (Å²) in [5.41, 5.74) is 0.432. The first-order chi connectivity index (χ1) is 8.74. The van der Waals surface area contributed by atoms with E-state index in [-0.39, 0.29) is 30.4 Å². The zero-order valence-electron chi connectivity index (χ0n) is 10.1. The Morgan fingerprint density at radius 2 is 2.22 bits per heavy atom. The standard InChI is InChI=1S/C14H16FNO2/c15-12-4-2-1-3-9(12)8-18-14(17)11-7-10-5-6-13(11)16-10/h1-4,10-11,13,16H,5-8H2. The fourth-order valence-electron chi connectivity index (χ4n) is 2.96. The highest BCUT2D eigenvalue weighted by molar-refractivity contribution is 5.74. The molecule has 2 aliphatic rings. The van der Waals surface area contributed by atoms with Crippen molar-refractivity contribution < 1.29 is 13.9 Å². The summed E-state index contributed by atoms with van der Waals surface area (Å²) in [5, 5.41) is 3.39. The number of esters is 1. The van der Waals surface area contributed by atoms with Crippen LogP contribution in [0.2, 0.25) is 0 Å². The molecule has 4 heteroatoms. The smallest absolute Gasteiger partial charge is 0.310 e. The van der Waals surface area contributed by atoms with Gasteiger partial charge in [-0.2, -0.15) is 0 Å². The minimum atomic E-state index is -0.323. The van der Waals surface area contributed by atoms with Crippen LogP contribution in [0.1, 0.15) is 24.8 Å². The Bertz CT molecular complexity index is 463. The molecule has 1 aromatic carbocycles. The summed E-state index contributed by atoms with van der Waals surface area (Å²) in [6.07, 6.45) is 3.06. The Morgan fingerprint density at radius 1 is 1.39 bits per heavy atom. The molecule has 1 N–H and O–H groups in total. The first kappa shape index (κ1) is 11.7. The van der Waals surface area contributed by atoms with Gasteiger partial charge in [-0.25, -0.2) is 4.39 Å². The number of carbonyl (C=O) groups excluding carboxylic acids is 1. The van der Waals surface area contributed by atoms with Crippen LogP contribution in [-0.4, -0.2) is 18.1 Å². The number of rotatable bonds is 3. The molecule has 0 spiro atoms. The quantitative estimate of drug-likeness (QED) is 0.833. The lowest BCUT2D eigenvalue weighted by Crippen LogP contribution is -2.30. The number of hydrogen-bond donors (Lipinski definition) is 1. The lowest BCUT2D eigenvalue weighted by atomic mass is 9.89. The zero-order chi connectivity index (χ0) is 12.5. The van der Waals surface area contributed by atoms with E-state index in [4.69, 9.17) is 4.74 Å². The second-order valence-electron chi connectivity index (χ2n) is 5.09. The third-order valence-corrected chi connectivity index (χ3v) is 3.93. The van der Waals surface area contributed by atoms with Gasteiger partial charge in [0, 0.05) is 17.6 Å². The largest absolute Gasteiger partial charge is 0.460 e. The Labute approximate surface area is 105 Å². The van der Waals surface area contributed by atoms with Crippen molar-refractivity contribution >= 4 is 5.97 Å². The van der Waals surface area contributed by atoms with Crippen LogP contribution in [0, 0.1) is 11.7 Å². The topological polar surface area (TPSA) is 38.3 Å². The third kappa shape index (κ3) is 2.12. The molecule has 18 heavy (non-hydrogen) atoms. The monoisotopic (exact) mass is 249 g/mol. The number of ether oxygens (including phenoxy) is 1. The maximum Gasteiger partial charge on any atom is 0.310 e. The predicted octanol–water partition coefficient (Wildman–Crippen LogP) is 2.01. The number of carbonyl (C=O) groups is 1. The molecule has 3 atom stereocenters. The van der Waals surface area contributed by atoms with Gasteiger partial charge in [0.05, 0.1) is 5.92 Å². The van der Waals surface area contributed by atoms with Crippen molar-refractivity contribution in [2.24, 2.45) is 5.92 Å². The van der Waals surface area contributed by atoms with Crippen LogP contribution in [0.3, 0.4) is 0 Å². The summed E-state index contributed by atoms with van der Waals surface area (Å²) in [6, 6.07) is 7.12. The Kier molecular flexibility index (Phi) is 3.04. The average Bonchev–Trinajstić information content (AvgIpc) is 2.99. The van der Waals surface area contributed by atoms with Crippen molar-refractivity contribution in [3.8, 4) is 0 Å². The van der Waals surface area contributed by atoms with Gasteiger partial charge in [-0.05, 0) is 25.3 Å². The van der Waals surface area contributed by atoms with E-state index in [1.807, 2.05) is 0 Å². The van der Waals surface area contributed by atoms with E-state index >= 15 is 0 Å². The summed E-state index contributed by atoms with van der Waals surface area (Å²) in [6.45, 7) is 0.0272. The number of nitrogens with one attached hydrogen (secondary N) is 1. The second kappa shape index (κ2) is 4.69. The molecule has 3 nitrogen and oxygen atoms in total. The molecular formula is C14H16FNO2. The molecule has 0 aliphatic carbocycles. The number of hydrogen-bond acceptors (Lipinski definition) is 3. The van der Waals surface area contributed by atoms with Gasteiger partial charge in [-0.15, -0.1) is 0 Å². The molecule has 3 rings (SSSR count). The lowest BCUT2D eigenvalue weighted by molar-refractivity contribution is -0.150. The van der Waals surface area contributed by atoms with Gasteiger partial charge in [0.1, 0.15) is 12.4 Å². The van der Waals surface area contributed by atoms with Crippen LogP contribution in [0.5, 0.6) is 0 Å². The fraction of sp³-hybridized carbons (Fsp3) is 0.500. The van der Waals surface area contributed by atoms with E-state index in [1.165, 1.54) is 6.07 Å². The zero-order valence-corrected chi connectivity index (χ0v) is 10.1. The van der Waals surface area contributed by atoms with E-state index < -0.39 is 0 Å². The maximum atomic E-state index is 13.4. The summed E-state index contributed by atoms with van der Waals surface area (Å²) >= 11 is 0. The van der Waals surface area contributed by atoms with Gasteiger partial charge < -0.3 is 10.1 Å². The van der Waals surface area contributed by atoms with Crippen LogP contribution in [-0.2, 0) is 16.1 Å². The molecule has 1 aromatic rings. The van der Waals surface area contributed by atoms with Crippen molar-refractivity contribution in [3.05, 3.63) is 35.6 Å².